The Morgan fingerprint density at radius 3 is 2.74 bits per heavy atom. The lowest BCUT2D eigenvalue weighted by Crippen LogP contribution is -2.38. The van der Waals surface area contributed by atoms with Gasteiger partial charge < -0.3 is 5.32 Å². The minimum absolute atomic E-state index is 0.288. The van der Waals surface area contributed by atoms with Crippen LogP contribution in [0.5, 0.6) is 0 Å². The van der Waals surface area contributed by atoms with Gasteiger partial charge in [-0.3, -0.25) is 4.84 Å². The number of amides is 2. The molecular weight excluding hydrogens is 288 g/mol. The molecule has 2 aromatic carbocycles. The van der Waals surface area contributed by atoms with Crippen LogP contribution >= 0.6 is 0 Å². The predicted molar refractivity (Wildman–Crippen MR) is 89.9 cm³/mol. The van der Waals surface area contributed by atoms with Gasteiger partial charge in [-0.2, -0.15) is 0 Å². The Morgan fingerprint density at radius 2 is 1.87 bits per heavy atom. The first-order valence-corrected chi connectivity index (χ1v) is 8.10. The van der Waals surface area contributed by atoms with Gasteiger partial charge in [0.15, 0.2) is 0 Å². The lowest BCUT2D eigenvalue weighted by atomic mass is 9.83. The SMILES string of the molecule is O=C(NCC1CCCc2ccccc21)NOCc1ccccc1. The van der Waals surface area contributed by atoms with Crippen LogP contribution in [0.25, 0.3) is 0 Å². The summed E-state index contributed by atoms with van der Waals surface area (Å²) in [5.41, 5.74) is 6.24. The van der Waals surface area contributed by atoms with E-state index in [1.165, 1.54) is 17.5 Å². The van der Waals surface area contributed by atoms with Crippen molar-refractivity contribution in [1.29, 1.82) is 0 Å². The third-order valence-corrected chi connectivity index (χ3v) is 4.25. The molecule has 2 aromatic rings. The van der Waals surface area contributed by atoms with Crippen molar-refractivity contribution in [3.8, 4) is 0 Å². The number of benzene rings is 2. The molecule has 1 aliphatic carbocycles. The zero-order chi connectivity index (χ0) is 15.9. The molecule has 3 rings (SSSR count). The van der Waals surface area contributed by atoms with Crippen LogP contribution in [0, 0.1) is 0 Å². The number of carbonyl (C=O) groups is 1. The van der Waals surface area contributed by atoms with E-state index in [-0.39, 0.29) is 6.03 Å². The minimum Gasteiger partial charge on any atom is -0.336 e. The van der Waals surface area contributed by atoms with Gasteiger partial charge >= 0.3 is 6.03 Å². The Morgan fingerprint density at radius 1 is 1.09 bits per heavy atom. The van der Waals surface area contributed by atoms with E-state index in [2.05, 4.69) is 35.1 Å². The summed E-state index contributed by atoms with van der Waals surface area (Å²) in [6.45, 7) is 0.998. The number of aryl methyl sites for hydroxylation is 1. The fourth-order valence-electron chi connectivity index (χ4n) is 3.08. The molecule has 0 bridgehead atoms. The molecule has 4 heteroatoms. The van der Waals surface area contributed by atoms with Crippen LogP contribution in [0.4, 0.5) is 4.79 Å². The van der Waals surface area contributed by atoms with Crippen LogP contribution < -0.4 is 10.8 Å². The summed E-state index contributed by atoms with van der Waals surface area (Å²) in [7, 11) is 0. The molecule has 23 heavy (non-hydrogen) atoms. The quantitative estimate of drug-likeness (QED) is 0.830. The molecular formula is C19H22N2O2. The van der Waals surface area contributed by atoms with Gasteiger partial charge in [-0.25, -0.2) is 10.3 Å². The molecule has 4 nitrogen and oxygen atoms in total. The van der Waals surface area contributed by atoms with E-state index in [4.69, 9.17) is 4.84 Å². The highest BCUT2D eigenvalue weighted by molar-refractivity contribution is 5.72. The van der Waals surface area contributed by atoms with Crippen LogP contribution in [0.15, 0.2) is 54.6 Å². The van der Waals surface area contributed by atoms with E-state index in [0.717, 1.165) is 18.4 Å². The normalized spacial score (nSPS) is 16.4. The van der Waals surface area contributed by atoms with Crippen LogP contribution in [0.3, 0.4) is 0 Å². The Labute approximate surface area is 136 Å². The highest BCUT2D eigenvalue weighted by atomic mass is 16.7. The summed E-state index contributed by atoms with van der Waals surface area (Å²) in [4.78, 5) is 17.1. The van der Waals surface area contributed by atoms with E-state index in [0.29, 0.717) is 19.1 Å². The second-order valence-corrected chi connectivity index (χ2v) is 5.87. The monoisotopic (exact) mass is 310 g/mol. The van der Waals surface area contributed by atoms with Gasteiger partial charge in [0.2, 0.25) is 0 Å². The number of nitrogens with one attached hydrogen (secondary N) is 2. The van der Waals surface area contributed by atoms with E-state index < -0.39 is 0 Å². The maximum absolute atomic E-state index is 11.8. The Bertz CT molecular complexity index is 643. The van der Waals surface area contributed by atoms with E-state index in [1.807, 2.05) is 30.3 Å². The number of fused-ring (bicyclic) bond motifs is 1. The molecule has 0 spiro atoms. The van der Waals surface area contributed by atoms with Crippen LogP contribution in [0.2, 0.25) is 0 Å². The van der Waals surface area contributed by atoms with Crippen molar-refractivity contribution in [2.75, 3.05) is 6.54 Å². The zero-order valence-electron chi connectivity index (χ0n) is 13.1. The van der Waals surface area contributed by atoms with Crippen LogP contribution in [0.1, 0.15) is 35.4 Å². The molecule has 2 N–H and O–H groups in total. The van der Waals surface area contributed by atoms with Crippen molar-refractivity contribution in [3.05, 3.63) is 71.3 Å². The molecule has 0 saturated heterocycles. The summed E-state index contributed by atoms with van der Waals surface area (Å²) in [6.07, 6.45) is 3.43. The second-order valence-electron chi connectivity index (χ2n) is 5.87. The molecule has 1 atom stereocenters. The van der Waals surface area contributed by atoms with E-state index in [1.54, 1.807) is 0 Å². The third-order valence-electron chi connectivity index (χ3n) is 4.25. The molecule has 2 amide bonds. The zero-order valence-corrected chi connectivity index (χ0v) is 13.1. The first-order chi connectivity index (χ1) is 11.3. The first-order valence-electron chi connectivity index (χ1n) is 8.10. The van der Waals surface area contributed by atoms with Gasteiger partial charge in [0.05, 0.1) is 6.61 Å². The Balaban J connectivity index is 1.43. The van der Waals surface area contributed by atoms with Gasteiger partial charge in [-0.15, -0.1) is 0 Å². The average Bonchev–Trinajstić information content (AvgIpc) is 2.61. The maximum atomic E-state index is 11.8. The molecule has 0 fully saturated rings. The molecule has 0 heterocycles. The first kappa shape index (κ1) is 15.6. The summed E-state index contributed by atoms with van der Waals surface area (Å²) in [5.74, 6) is 0.389. The van der Waals surface area contributed by atoms with E-state index >= 15 is 0 Å². The fraction of sp³-hybridized carbons (Fsp3) is 0.316. The Hall–Kier alpha value is -2.33. The predicted octanol–water partition coefficient (Wildman–Crippen LogP) is 3.54. The third kappa shape index (κ3) is 4.33. The van der Waals surface area contributed by atoms with Crippen molar-refractivity contribution in [2.45, 2.75) is 31.8 Å². The second kappa shape index (κ2) is 7.79. The smallest absolute Gasteiger partial charge is 0.336 e. The number of hydrogen-bond acceptors (Lipinski definition) is 2. The van der Waals surface area contributed by atoms with Gasteiger partial charge in [0.25, 0.3) is 0 Å². The number of carbonyl (C=O) groups excluding carboxylic acids is 1. The minimum atomic E-state index is -0.288. The van der Waals surface area contributed by atoms with E-state index in [9.17, 15) is 4.79 Å². The fourth-order valence-corrected chi connectivity index (χ4v) is 3.08. The Kier molecular flexibility index (Phi) is 5.27. The van der Waals surface area contributed by atoms with Crippen molar-refractivity contribution < 1.29 is 9.63 Å². The standard InChI is InChI=1S/C19H22N2O2/c22-19(21-23-14-15-7-2-1-3-8-15)20-13-17-11-6-10-16-9-4-5-12-18(16)17/h1-5,7-9,12,17H,6,10-11,13-14H2,(H2,20,21,22). The van der Waals surface area contributed by atoms with Crippen molar-refractivity contribution in [3.63, 3.8) is 0 Å². The molecule has 0 radical (unpaired) electrons. The highest BCUT2D eigenvalue weighted by Crippen LogP contribution is 2.30. The number of hydrogen-bond donors (Lipinski definition) is 2. The molecule has 0 aliphatic heterocycles. The summed E-state index contributed by atoms with van der Waals surface area (Å²) < 4.78 is 0. The highest BCUT2D eigenvalue weighted by Gasteiger charge is 2.20. The van der Waals surface area contributed by atoms with Crippen molar-refractivity contribution in [2.24, 2.45) is 0 Å². The topological polar surface area (TPSA) is 50.4 Å². The van der Waals surface area contributed by atoms with Gasteiger partial charge in [-0.05, 0) is 36.0 Å². The lowest BCUT2D eigenvalue weighted by Gasteiger charge is -2.25. The van der Waals surface area contributed by atoms with Crippen LogP contribution in [-0.4, -0.2) is 12.6 Å². The number of urea groups is 1. The summed E-state index contributed by atoms with van der Waals surface area (Å²) in [5, 5.41) is 2.90. The lowest BCUT2D eigenvalue weighted by molar-refractivity contribution is 0.0489. The number of rotatable bonds is 5. The molecule has 0 aromatic heterocycles. The van der Waals surface area contributed by atoms with Gasteiger partial charge in [-0.1, -0.05) is 54.6 Å². The maximum Gasteiger partial charge on any atom is 0.338 e. The van der Waals surface area contributed by atoms with Gasteiger partial charge in [0, 0.05) is 12.5 Å². The average molecular weight is 310 g/mol. The summed E-state index contributed by atoms with van der Waals surface area (Å²) in [6, 6.07) is 18.0. The molecule has 120 valence electrons. The number of hydroxylamine groups is 1. The van der Waals surface area contributed by atoms with Crippen LogP contribution in [-0.2, 0) is 17.9 Å². The molecule has 0 saturated carbocycles. The largest absolute Gasteiger partial charge is 0.338 e. The summed E-state index contributed by atoms with van der Waals surface area (Å²) >= 11 is 0. The van der Waals surface area contributed by atoms with Crippen molar-refractivity contribution >= 4 is 6.03 Å². The molecule has 1 aliphatic rings. The van der Waals surface area contributed by atoms with Crippen molar-refractivity contribution in [1.82, 2.24) is 10.8 Å². The molecule has 1 unspecified atom stereocenters. The van der Waals surface area contributed by atoms with Gasteiger partial charge in [0.1, 0.15) is 0 Å².